The molecule has 0 aliphatic heterocycles. The van der Waals surface area contributed by atoms with Crippen LogP contribution in [0, 0.1) is 10.1 Å². The van der Waals surface area contributed by atoms with Crippen molar-refractivity contribution < 1.29 is 37.2 Å². The Bertz CT molecular complexity index is 682. The Kier molecular flexibility index (Phi) is 13.8. The van der Waals surface area contributed by atoms with Gasteiger partial charge in [-0.15, -0.1) is 0 Å². The number of carboxylic acids is 1. The van der Waals surface area contributed by atoms with E-state index in [0.717, 1.165) is 6.07 Å². The highest BCUT2D eigenvalue weighted by atomic mass is 32.5. The maximum Gasteiger partial charge on any atom is 0.342 e. The van der Waals surface area contributed by atoms with Gasteiger partial charge in [0.2, 0.25) is 0 Å². The van der Waals surface area contributed by atoms with E-state index in [1.807, 2.05) is 27.7 Å². The molecule has 1 rings (SSSR count). The Labute approximate surface area is 180 Å². The van der Waals surface area contributed by atoms with Crippen LogP contribution in [0.3, 0.4) is 0 Å². The summed E-state index contributed by atoms with van der Waals surface area (Å²) in [5.74, 6) is -1.29. The van der Waals surface area contributed by atoms with Crippen LogP contribution in [0.15, 0.2) is 24.3 Å². The number of aromatic carboxylic acids is 1. The minimum atomic E-state index is -2.87. The first-order valence-electron chi connectivity index (χ1n) is 8.54. The van der Waals surface area contributed by atoms with Crippen molar-refractivity contribution in [1.82, 2.24) is 0 Å². The van der Waals surface area contributed by atoms with Gasteiger partial charge in [0.05, 0.1) is 31.4 Å². The maximum absolute atomic E-state index is 10.4. The highest BCUT2D eigenvalue weighted by Crippen LogP contribution is 2.66. The molecule has 0 spiro atoms. The second kappa shape index (κ2) is 14.2. The number of nitrogens with zero attached hydrogens (tertiary/aromatic N) is 1. The molecule has 0 amide bonds. The van der Waals surface area contributed by atoms with Crippen LogP contribution in [-0.4, -0.2) is 42.4 Å². The van der Waals surface area contributed by atoms with Crippen LogP contribution in [0.4, 0.5) is 5.69 Å². The van der Waals surface area contributed by atoms with Crippen LogP contribution in [0.5, 0.6) is 0 Å². The molecule has 1 aromatic carbocycles. The summed E-state index contributed by atoms with van der Waals surface area (Å²) in [4.78, 5) is 20.0. The van der Waals surface area contributed by atoms with E-state index in [1.165, 1.54) is 18.2 Å². The fraction of sp³-hybridized carbons (Fsp3) is 0.533. The first-order chi connectivity index (χ1) is 13.6. The lowest BCUT2D eigenvalue weighted by atomic mass is 10.2. The molecule has 0 radical (unpaired) electrons. The number of hydrogen-bond acceptors (Lipinski definition) is 10. The van der Waals surface area contributed by atoms with Gasteiger partial charge in [-0.3, -0.25) is 10.1 Å². The Morgan fingerprint density at radius 1 is 0.966 bits per heavy atom. The third-order valence-corrected chi connectivity index (χ3v) is 9.04. The summed E-state index contributed by atoms with van der Waals surface area (Å²) in [6.45, 7) is 3.09. The number of benzene rings is 1. The summed E-state index contributed by atoms with van der Waals surface area (Å²) in [5.41, 5.74) is -0.674. The highest BCUT2D eigenvalue weighted by Gasteiger charge is 2.32. The third-order valence-electron chi connectivity index (χ3n) is 2.68. The van der Waals surface area contributed by atoms with Gasteiger partial charge in [0.25, 0.3) is 5.69 Å². The molecule has 0 fully saturated rings. The van der Waals surface area contributed by atoms with E-state index in [4.69, 9.17) is 51.1 Å². The van der Waals surface area contributed by atoms with Crippen molar-refractivity contribution in [2.24, 2.45) is 0 Å². The van der Waals surface area contributed by atoms with Gasteiger partial charge in [0, 0.05) is 6.07 Å². The minimum Gasteiger partial charge on any atom is -0.477 e. The molecular weight excluding hydrogens is 464 g/mol. The fourth-order valence-corrected chi connectivity index (χ4v) is 8.11. The van der Waals surface area contributed by atoms with Crippen LogP contribution in [-0.2, 0) is 46.0 Å². The molecule has 1 N–H and O–H groups in total. The molecule has 0 unspecified atom stereocenters. The topological polar surface area (TPSA) is 127 Å². The molecule has 0 aliphatic carbocycles. The number of carboxylic acid groups (broad SMARTS) is 1. The number of carbonyl (C=O) groups is 1. The van der Waals surface area contributed by atoms with E-state index in [2.05, 4.69) is 0 Å². The van der Waals surface area contributed by atoms with Crippen molar-refractivity contribution in [2.45, 2.75) is 27.7 Å². The van der Waals surface area contributed by atoms with Gasteiger partial charge in [-0.2, -0.15) is 0 Å². The molecule has 0 bridgehead atoms. The van der Waals surface area contributed by atoms with Crippen molar-refractivity contribution >= 4 is 48.7 Å². The van der Waals surface area contributed by atoms with Gasteiger partial charge in [0.1, 0.15) is 5.56 Å². The standard InChI is InChI=1S/C8H20O5P2S2.C7H5NO4/c1-5-9-14(16,10-6-2)13-15(17,11-7-3)12-8-4;9-7(10)5-3-1-2-4-6(5)8(11)12/h5-8H2,1-4H3;1-4H,(H,9,10). The van der Waals surface area contributed by atoms with Gasteiger partial charge >= 0.3 is 19.4 Å². The average molecular weight is 489 g/mol. The lowest BCUT2D eigenvalue weighted by Gasteiger charge is -2.27. The number of para-hydroxylation sites is 1. The molecule has 1 aromatic rings. The van der Waals surface area contributed by atoms with Crippen LogP contribution in [0.1, 0.15) is 38.1 Å². The van der Waals surface area contributed by atoms with Crippen molar-refractivity contribution in [3.05, 3.63) is 39.9 Å². The number of hydrogen-bond donors (Lipinski definition) is 1. The normalized spacial score (nSPS) is 11.4. The lowest BCUT2D eigenvalue weighted by molar-refractivity contribution is -0.385. The predicted molar refractivity (Wildman–Crippen MR) is 116 cm³/mol. The Balaban J connectivity index is 0.000000571. The molecule has 0 saturated carbocycles. The monoisotopic (exact) mass is 489 g/mol. The average Bonchev–Trinajstić information content (AvgIpc) is 2.62. The number of nitro benzene ring substituents is 1. The van der Waals surface area contributed by atoms with Gasteiger partial charge in [-0.1, -0.05) is 12.1 Å². The van der Waals surface area contributed by atoms with E-state index in [1.54, 1.807) is 0 Å². The summed E-state index contributed by atoms with van der Waals surface area (Å²) in [6, 6.07) is 5.21. The first-order valence-corrected chi connectivity index (χ1v) is 13.6. The van der Waals surface area contributed by atoms with Gasteiger partial charge in [-0.25, -0.2) is 9.11 Å². The van der Waals surface area contributed by atoms with E-state index in [9.17, 15) is 14.9 Å². The zero-order valence-corrected chi connectivity index (χ0v) is 19.9. The molecule has 0 aliphatic rings. The van der Waals surface area contributed by atoms with Crippen LogP contribution >= 0.6 is 13.4 Å². The van der Waals surface area contributed by atoms with E-state index < -0.39 is 24.3 Å². The summed E-state index contributed by atoms with van der Waals surface area (Å²) < 4.78 is 26.9. The lowest BCUT2D eigenvalue weighted by Crippen LogP contribution is -2.03. The van der Waals surface area contributed by atoms with Crippen molar-refractivity contribution in [3.63, 3.8) is 0 Å². The molecule has 166 valence electrons. The Morgan fingerprint density at radius 3 is 1.62 bits per heavy atom. The summed E-state index contributed by atoms with van der Waals surface area (Å²) in [6.07, 6.45) is 0. The third kappa shape index (κ3) is 10.7. The van der Waals surface area contributed by atoms with Crippen LogP contribution in [0.25, 0.3) is 0 Å². The number of rotatable bonds is 12. The first kappa shape index (κ1) is 28.2. The van der Waals surface area contributed by atoms with Gasteiger partial charge < -0.3 is 23.2 Å². The van der Waals surface area contributed by atoms with Crippen molar-refractivity contribution in [2.75, 3.05) is 26.4 Å². The highest BCUT2D eigenvalue weighted by molar-refractivity contribution is 8.14. The molecule has 0 atom stereocenters. The van der Waals surface area contributed by atoms with E-state index >= 15 is 0 Å². The van der Waals surface area contributed by atoms with Crippen LogP contribution < -0.4 is 0 Å². The molecule has 10 nitrogen and oxygen atoms in total. The molecule has 29 heavy (non-hydrogen) atoms. The van der Waals surface area contributed by atoms with Gasteiger partial charge in [0.15, 0.2) is 0 Å². The molecular formula is C15H25NO9P2S2. The summed E-state index contributed by atoms with van der Waals surface area (Å²) in [7, 11) is 0. The second-order valence-corrected chi connectivity index (χ2v) is 10.9. The fourth-order valence-electron chi connectivity index (χ4n) is 1.74. The van der Waals surface area contributed by atoms with Crippen molar-refractivity contribution in [1.29, 1.82) is 0 Å². The van der Waals surface area contributed by atoms with Crippen molar-refractivity contribution in [3.8, 4) is 0 Å². The zero-order valence-electron chi connectivity index (χ0n) is 16.5. The van der Waals surface area contributed by atoms with E-state index in [0.29, 0.717) is 26.4 Å². The molecule has 0 heterocycles. The maximum atomic E-state index is 10.4. The smallest absolute Gasteiger partial charge is 0.342 e. The summed E-state index contributed by atoms with van der Waals surface area (Å²) in [5, 5.41) is 18.8. The zero-order chi connectivity index (χ0) is 22.5. The van der Waals surface area contributed by atoms with Gasteiger partial charge in [-0.05, 0) is 57.4 Å². The Hall–Kier alpha value is -0.810. The SMILES string of the molecule is CCOP(=S)(OCC)OP(=S)(OCC)OCC.O=C(O)c1ccccc1[N+](=O)[O-]. The molecule has 0 saturated heterocycles. The predicted octanol–water partition coefficient (Wildman–Crippen LogP) is 4.89. The molecule has 0 aromatic heterocycles. The molecule has 14 heteroatoms. The Morgan fingerprint density at radius 2 is 1.34 bits per heavy atom. The van der Waals surface area contributed by atoms with E-state index in [-0.39, 0.29) is 11.3 Å². The summed E-state index contributed by atoms with van der Waals surface area (Å²) >= 11 is 10.4. The quantitative estimate of drug-likeness (QED) is 0.245. The minimum absolute atomic E-state index is 0.289. The van der Waals surface area contributed by atoms with Crippen LogP contribution in [0.2, 0.25) is 0 Å². The largest absolute Gasteiger partial charge is 0.477 e. The number of nitro groups is 1. The second-order valence-electron chi connectivity index (χ2n) is 4.73.